The van der Waals surface area contributed by atoms with Crippen molar-refractivity contribution in [1.29, 1.82) is 0 Å². The first-order chi connectivity index (χ1) is 17.7. The molecule has 11 heteroatoms. The number of benzene rings is 1. The summed E-state index contributed by atoms with van der Waals surface area (Å²) in [5.41, 5.74) is 2.60. The first-order valence-electron chi connectivity index (χ1n) is 12.3. The van der Waals surface area contributed by atoms with Crippen molar-refractivity contribution < 1.29 is 26.3 Å². The van der Waals surface area contributed by atoms with E-state index in [2.05, 4.69) is 4.98 Å². The van der Waals surface area contributed by atoms with Gasteiger partial charge in [-0.2, -0.15) is 26.3 Å². The zero-order chi connectivity index (χ0) is 27.8. The van der Waals surface area contributed by atoms with Crippen molar-refractivity contribution in [2.24, 2.45) is 0 Å². The number of halogens is 7. The summed E-state index contributed by atoms with van der Waals surface area (Å²) in [6.07, 6.45) is -0.846. The lowest BCUT2D eigenvalue weighted by Crippen LogP contribution is -2.31. The minimum Gasteiger partial charge on any atom is -0.293 e. The van der Waals surface area contributed by atoms with Gasteiger partial charge in [0.25, 0.3) is 0 Å². The molecule has 4 rings (SSSR count). The van der Waals surface area contributed by atoms with Gasteiger partial charge < -0.3 is 0 Å². The summed E-state index contributed by atoms with van der Waals surface area (Å²) in [5.74, 6) is -0.0447. The van der Waals surface area contributed by atoms with Crippen LogP contribution in [0.4, 0.5) is 26.3 Å². The lowest BCUT2D eigenvalue weighted by molar-refractivity contribution is -0.143. The molecule has 2 heterocycles. The van der Waals surface area contributed by atoms with Crippen molar-refractivity contribution in [3.8, 4) is 5.69 Å². The highest BCUT2D eigenvalue weighted by Crippen LogP contribution is 2.36. The molecule has 3 aromatic rings. The highest BCUT2D eigenvalue weighted by Gasteiger charge is 2.40. The van der Waals surface area contributed by atoms with Crippen molar-refractivity contribution in [1.82, 2.24) is 18.9 Å². The number of fused-ring (bicyclic) bond motifs is 1. The predicted molar refractivity (Wildman–Crippen MR) is 136 cm³/mol. The molecule has 0 N–H and O–H groups in total. The summed E-state index contributed by atoms with van der Waals surface area (Å²) in [5, 5.41) is 0.147. The number of rotatable bonds is 7. The van der Waals surface area contributed by atoms with E-state index in [0.717, 1.165) is 41.5 Å². The molecule has 0 atom stereocenters. The molecule has 0 fully saturated rings. The van der Waals surface area contributed by atoms with Crippen LogP contribution in [-0.4, -0.2) is 38.1 Å². The summed E-state index contributed by atoms with van der Waals surface area (Å²) < 4.78 is 84.7. The van der Waals surface area contributed by atoms with E-state index in [0.29, 0.717) is 5.69 Å². The molecule has 38 heavy (non-hydrogen) atoms. The molecule has 4 nitrogen and oxygen atoms in total. The maximum absolute atomic E-state index is 14.2. The smallest absolute Gasteiger partial charge is 0.293 e. The fourth-order valence-corrected chi connectivity index (χ4v) is 5.29. The average molecular weight is 559 g/mol. The van der Waals surface area contributed by atoms with Crippen LogP contribution in [-0.2, 0) is 12.7 Å². The number of alkyl halides is 6. The van der Waals surface area contributed by atoms with Gasteiger partial charge in [-0.1, -0.05) is 47.5 Å². The normalized spacial score (nSPS) is 15.0. The Morgan fingerprint density at radius 2 is 1.68 bits per heavy atom. The van der Waals surface area contributed by atoms with Crippen LogP contribution in [0.25, 0.3) is 11.5 Å². The highest BCUT2D eigenvalue weighted by atomic mass is 35.5. The quantitative estimate of drug-likeness (QED) is 0.273. The van der Waals surface area contributed by atoms with Gasteiger partial charge in [0.15, 0.2) is 5.69 Å². The van der Waals surface area contributed by atoms with Crippen LogP contribution in [0, 0.1) is 20.8 Å². The maximum atomic E-state index is 14.2. The molecule has 0 saturated carbocycles. The number of imidazole rings is 2. The van der Waals surface area contributed by atoms with Gasteiger partial charge in [-0.05, 0) is 56.7 Å². The molecule has 0 bridgehead atoms. The van der Waals surface area contributed by atoms with Crippen LogP contribution in [0.3, 0.4) is 0 Å². The molecule has 206 valence electrons. The van der Waals surface area contributed by atoms with Crippen LogP contribution >= 0.6 is 11.6 Å². The van der Waals surface area contributed by atoms with Crippen molar-refractivity contribution in [3.05, 3.63) is 75.4 Å². The lowest BCUT2D eigenvalue weighted by atomic mass is 10.1. The Balaban J connectivity index is 1.82. The Hall–Kier alpha value is -2.72. The summed E-state index contributed by atoms with van der Waals surface area (Å²) in [7, 11) is 0. The topological polar surface area (TPSA) is 25.5 Å². The molecule has 2 aromatic heterocycles. The lowest BCUT2D eigenvalue weighted by Gasteiger charge is -2.24. The SMILES string of the molecule is Cc1cc(C)c(-n2c(Cl)cn3c(CN(CCC(F)(F)F)CC4=CCCCC=C4)c(C(F)(F)F)nc23)c(C)c1. The molecular weight excluding hydrogens is 530 g/mol. The van der Waals surface area contributed by atoms with Crippen LogP contribution in [0.15, 0.2) is 42.1 Å². The molecule has 1 aliphatic rings. The molecule has 0 aliphatic heterocycles. The molecule has 0 saturated heterocycles. The van der Waals surface area contributed by atoms with E-state index >= 15 is 0 Å². The van der Waals surface area contributed by atoms with E-state index in [1.807, 2.05) is 51.1 Å². The van der Waals surface area contributed by atoms with Gasteiger partial charge in [-0.3, -0.25) is 13.9 Å². The Kier molecular flexibility index (Phi) is 8.04. The third-order valence-corrected chi connectivity index (χ3v) is 6.84. The Morgan fingerprint density at radius 1 is 1.00 bits per heavy atom. The van der Waals surface area contributed by atoms with Crippen molar-refractivity contribution in [2.45, 2.75) is 65.4 Å². The third kappa shape index (κ3) is 6.29. The second-order valence-electron chi connectivity index (χ2n) is 9.80. The average Bonchev–Trinajstić information content (AvgIpc) is 3.14. The number of allylic oxidation sites excluding steroid dienone is 2. The van der Waals surface area contributed by atoms with Crippen molar-refractivity contribution in [3.63, 3.8) is 0 Å². The second-order valence-corrected chi connectivity index (χ2v) is 10.2. The fraction of sp³-hybridized carbons (Fsp3) is 0.444. The van der Waals surface area contributed by atoms with Gasteiger partial charge in [0, 0.05) is 25.8 Å². The van der Waals surface area contributed by atoms with Crippen LogP contribution < -0.4 is 0 Å². The van der Waals surface area contributed by atoms with E-state index in [-0.39, 0.29) is 29.7 Å². The highest BCUT2D eigenvalue weighted by molar-refractivity contribution is 6.30. The molecule has 0 unspecified atom stereocenters. The summed E-state index contributed by atoms with van der Waals surface area (Å²) in [4.78, 5) is 5.34. The first-order valence-corrected chi connectivity index (χ1v) is 12.7. The monoisotopic (exact) mass is 558 g/mol. The van der Waals surface area contributed by atoms with Gasteiger partial charge in [-0.15, -0.1) is 0 Å². The van der Waals surface area contributed by atoms with Crippen LogP contribution in [0.1, 0.15) is 53.8 Å². The second kappa shape index (κ2) is 10.8. The Morgan fingerprint density at radius 3 is 2.32 bits per heavy atom. The zero-order valence-electron chi connectivity index (χ0n) is 21.3. The van der Waals surface area contributed by atoms with E-state index in [1.165, 1.54) is 20.1 Å². The van der Waals surface area contributed by atoms with Crippen molar-refractivity contribution >= 4 is 17.4 Å². The molecule has 0 radical (unpaired) electrons. The zero-order valence-corrected chi connectivity index (χ0v) is 22.1. The molecule has 0 spiro atoms. The molecule has 1 aromatic carbocycles. The largest absolute Gasteiger partial charge is 0.435 e. The predicted octanol–water partition coefficient (Wildman–Crippen LogP) is 8.14. The number of hydrogen-bond donors (Lipinski definition) is 0. The summed E-state index contributed by atoms with van der Waals surface area (Å²) >= 11 is 6.54. The molecule has 0 amide bonds. The van der Waals surface area contributed by atoms with Gasteiger partial charge in [0.1, 0.15) is 5.15 Å². The van der Waals surface area contributed by atoms with E-state index in [9.17, 15) is 26.3 Å². The van der Waals surface area contributed by atoms with Gasteiger partial charge in [0.05, 0.1) is 17.8 Å². The fourth-order valence-electron chi connectivity index (χ4n) is 5.03. The first kappa shape index (κ1) is 28.3. The molecule has 1 aliphatic carbocycles. The van der Waals surface area contributed by atoms with E-state index in [4.69, 9.17) is 11.6 Å². The number of nitrogens with zero attached hydrogens (tertiary/aromatic N) is 4. The minimum atomic E-state index is -4.81. The standard InChI is InChI=1S/C27H29ClF6N4/c1-17-12-18(2)23(19(3)13-17)38-22(28)16-37-21(24(27(32,33)34)35-25(37)38)15-36(11-10-26(29,30)31)14-20-8-6-4-5-7-9-20/h6,8-9,12-13,16H,4-5,7,10-11,14-15H2,1-3H3. The number of aryl methyl sites for hydroxylation is 3. The third-order valence-electron chi connectivity index (χ3n) is 6.57. The minimum absolute atomic E-state index is 0.0447. The van der Waals surface area contributed by atoms with E-state index in [1.54, 1.807) is 0 Å². The van der Waals surface area contributed by atoms with Crippen LogP contribution in [0.5, 0.6) is 0 Å². The number of hydrogen-bond acceptors (Lipinski definition) is 2. The van der Waals surface area contributed by atoms with Crippen LogP contribution in [0.2, 0.25) is 5.15 Å². The van der Waals surface area contributed by atoms with Crippen molar-refractivity contribution in [2.75, 3.05) is 13.1 Å². The Bertz CT molecular complexity index is 1350. The summed E-state index contributed by atoms with van der Waals surface area (Å²) in [6.45, 7) is 4.84. The Labute approximate surface area is 222 Å². The maximum Gasteiger partial charge on any atom is 0.435 e. The van der Waals surface area contributed by atoms with E-state index < -0.39 is 31.0 Å². The van der Waals surface area contributed by atoms with Gasteiger partial charge in [0.2, 0.25) is 5.78 Å². The van der Waals surface area contributed by atoms with Gasteiger partial charge in [-0.25, -0.2) is 4.98 Å². The van der Waals surface area contributed by atoms with Gasteiger partial charge >= 0.3 is 12.4 Å². The molecular formula is C27H29ClF6N4. The number of aromatic nitrogens is 3. The summed E-state index contributed by atoms with van der Waals surface area (Å²) in [6, 6.07) is 3.80.